The average Bonchev–Trinajstić information content (AvgIpc) is 2.71. The first-order valence-electron chi connectivity index (χ1n) is 10.3. The van der Waals surface area contributed by atoms with Crippen LogP contribution in [0.15, 0.2) is 30.5 Å². The summed E-state index contributed by atoms with van der Waals surface area (Å²) >= 11 is 0. The molecule has 1 heterocycles. The quantitative estimate of drug-likeness (QED) is 0.394. The van der Waals surface area contributed by atoms with Crippen LogP contribution in [0.5, 0.6) is 6.01 Å². The number of benzene rings is 1. The van der Waals surface area contributed by atoms with E-state index >= 15 is 0 Å². The number of nitrogens with zero attached hydrogens (tertiary/aromatic N) is 3. The van der Waals surface area contributed by atoms with Crippen molar-refractivity contribution in [3.8, 4) is 6.01 Å². The second-order valence-corrected chi connectivity index (χ2v) is 7.13. The highest BCUT2D eigenvalue weighted by Gasteiger charge is 2.36. The van der Waals surface area contributed by atoms with Gasteiger partial charge in [0.15, 0.2) is 5.82 Å². The van der Waals surface area contributed by atoms with E-state index in [9.17, 15) is 13.2 Å². The SMILES string of the molecule is CCCCCCOc1ncc(C(F)(F)F)c(N(C)c2ccc(CCCC)cc2)n1. The molecule has 0 aliphatic heterocycles. The van der Waals surface area contributed by atoms with E-state index in [1.54, 1.807) is 7.05 Å². The molecule has 0 saturated carbocycles. The van der Waals surface area contributed by atoms with Crippen molar-refractivity contribution in [2.75, 3.05) is 18.6 Å². The first-order valence-corrected chi connectivity index (χ1v) is 10.3. The summed E-state index contributed by atoms with van der Waals surface area (Å²) in [6, 6.07) is 7.50. The Morgan fingerprint density at radius 2 is 1.66 bits per heavy atom. The minimum absolute atomic E-state index is 0.0316. The second-order valence-electron chi connectivity index (χ2n) is 7.13. The van der Waals surface area contributed by atoms with Crippen molar-refractivity contribution in [2.24, 2.45) is 0 Å². The van der Waals surface area contributed by atoms with Crippen LogP contribution in [-0.4, -0.2) is 23.6 Å². The monoisotopic (exact) mass is 409 g/mol. The van der Waals surface area contributed by atoms with Crippen LogP contribution in [0.4, 0.5) is 24.7 Å². The third-order valence-corrected chi connectivity index (χ3v) is 4.74. The minimum Gasteiger partial charge on any atom is -0.463 e. The number of halogens is 3. The molecule has 160 valence electrons. The van der Waals surface area contributed by atoms with Gasteiger partial charge in [-0.15, -0.1) is 0 Å². The van der Waals surface area contributed by atoms with Gasteiger partial charge in [0.2, 0.25) is 0 Å². The van der Waals surface area contributed by atoms with E-state index in [0.717, 1.165) is 51.1 Å². The Bertz CT molecular complexity index is 748. The summed E-state index contributed by atoms with van der Waals surface area (Å²) < 4.78 is 46.0. The van der Waals surface area contributed by atoms with Gasteiger partial charge < -0.3 is 9.64 Å². The van der Waals surface area contributed by atoms with Gasteiger partial charge in [-0.3, -0.25) is 0 Å². The molecule has 2 aromatic rings. The lowest BCUT2D eigenvalue weighted by Gasteiger charge is -2.23. The number of alkyl halides is 3. The van der Waals surface area contributed by atoms with Crippen molar-refractivity contribution in [3.63, 3.8) is 0 Å². The second kappa shape index (κ2) is 11.0. The van der Waals surface area contributed by atoms with Gasteiger partial charge in [-0.1, -0.05) is 51.7 Å². The Hall–Kier alpha value is -2.31. The normalized spacial score (nSPS) is 11.5. The fourth-order valence-corrected chi connectivity index (χ4v) is 2.96. The van der Waals surface area contributed by atoms with E-state index in [-0.39, 0.29) is 11.8 Å². The molecule has 1 aromatic heterocycles. The number of aromatic nitrogens is 2. The molecule has 0 spiro atoms. The van der Waals surface area contributed by atoms with Crippen molar-refractivity contribution in [1.29, 1.82) is 0 Å². The van der Waals surface area contributed by atoms with Crippen LogP contribution in [0.1, 0.15) is 63.5 Å². The summed E-state index contributed by atoms with van der Waals surface area (Å²) in [6.07, 6.45) is 3.41. The highest BCUT2D eigenvalue weighted by atomic mass is 19.4. The number of anilines is 2. The third-order valence-electron chi connectivity index (χ3n) is 4.74. The van der Waals surface area contributed by atoms with Crippen LogP contribution in [-0.2, 0) is 12.6 Å². The number of rotatable bonds is 11. The Kier molecular flexibility index (Phi) is 8.73. The predicted molar refractivity (Wildman–Crippen MR) is 110 cm³/mol. The first-order chi connectivity index (χ1) is 13.9. The van der Waals surface area contributed by atoms with Gasteiger partial charge in [-0.25, -0.2) is 4.98 Å². The molecule has 0 aliphatic carbocycles. The smallest absolute Gasteiger partial charge is 0.421 e. The maximum atomic E-state index is 13.5. The van der Waals surface area contributed by atoms with Gasteiger partial charge in [0.05, 0.1) is 6.61 Å². The van der Waals surface area contributed by atoms with E-state index < -0.39 is 11.7 Å². The number of hydrogen-bond acceptors (Lipinski definition) is 4. The van der Waals surface area contributed by atoms with Crippen molar-refractivity contribution < 1.29 is 17.9 Å². The molecule has 0 aliphatic rings. The number of unbranched alkanes of at least 4 members (excludes halogenated alkanes) is 4. The van der Waals surface area contributed by atoms with Crippen molar-refractivity contribution >= 4 is 11.5 Å². The van der Waals surface area contributed by atoms with Crippen LogP contribution in [0.3, 0.4) is 0 Å². The number of ether oxygens (including phenoxy) is 1. The zero-order valence-corrected chi connectivity index (χ0v) is 17.4. The topological polar surface area (TPSA) is 38.2 Å². The molecule has 0 N–H and O–H groups in total. The molecular weight excluding hydrogens is 379 g/mol. The number of aryl methyl sites for hydroxylation is 1. The van der Waals surface area contributed by atoms with Crippen molar-refractivity contribution in [3.05, 3.63) is 41.6 Å². The van der Waals surface area contributed by atoms with E-state index in [1.165, 1.54) is 10.5 Å². The zero-order valence-electron chi connectivity index (χ0n) is 17.4. The standard InChI is InChI=1S/C22H30F3N3O/c1-4-6-8-9-15-29-21-26-16-19(22(23,24)25)20(27-21)28(3)18-13-11-17(12-14-18)10-7-5-2/h11-14,16H,4-10,15H2,1-3H3. The zero-order chi connectivity index (χ0) is 21.3. The predicted octanol–water partition coefficient (Wildman–Crippen LogP) is 6.57. The van der Waals surface area contributed by atoms with Gasteiger partial charge >= 0.3 is 12.2 Å². The highest BCUT2D eigenvalue weighted by molar-refractivity contribution is 5.63. The summed E-state index contributed by atoms with van der Waals surface area (Å²) in [6.45, 7) is 4.62. The molecule has 7 heteroatoms. The molecule has 0 fully saturated rings. The molecule has 0 unspecified atom stereocenters. The largest absolute Gasteiger partial charge is 0.463 e. The third kappa shape index (κ3) is 6.91. The van der Waals surface area contributed by atoms with Gasteiger partial charge in [-0.05, 0) is 37.0 Å². The molecule has 0 bridgehead atoms. The fourth-order valence-electron chi connectivity index (χ4n) is 2.96. The molecule has 0 radical (unpaired) electrons. The van der Waals surface area contributed by atoms with Crippen molar-refractivity contribution in [1.82, 2.24) is 9.97 Å². The van der Waals surface area contributed by atoms with Gasteiger partial charge in [-0.2, -0.15) is 18.2 Å². The molecule has 0 atom stereocenters. The van der Waals surface area contributed by atoms with Crippen LogP contribution in [0.25, 0.3) is 0 Å². The maximum absolute atomic E-state index is 13.5. The Morgan fingerprint density at radius 1 is 0.966 bits per heavy atom. The maximum Gasteiger partial charge on any atom is 0.421 e. The summed E-state index contributed by atoms with van der Waals surface area (Å²) in [5.74, 6) is -0.211. The Morgan fingerprint density at radius 3 is 2.28 bits per heavy atom. The van der Waals surface area contributed by atoms with Gasteiger partial charge in [0.1, 0.15) is 5.56 Å². The molecular formula is C22H30F3N3O. The lowest BCUT2D eigenvalue weighted by atomic mass is 10.1. The number of hydrogen-bond donors (Lipinski definition) is 0. The van der Waals surface area contributed by atoms with Gasteiger partial charge in [0, 0.05) is 18.9 Å². The Balaban J connectivity index is 2.21. The molecule has 29 heavy (non-hydrogen) atoms. The molecule has 4 nitrogen and oxygen atoms in total. The summed E-state index contributed by atoms with van der Waals surface area (Å²) in [5, 5.41) is 0. The van der Waals surface area contributed by atoms with Crippen LogP contribution in [0, 0.1) is 0 Å². The molecule has 0 saturated heterocycles. The first kappa shape index (κ1) is 23.0. The van der Waals surface area contributed by atoms with Crippen LogP contribution >= 0.6 is 0 Å². The summed E-state index contributed by atoms with van der Waals surface area (Å²) in [7, 11) is 1.57. The van der Waals surface area contributed by atoms with Gasteiger partial charge in [0.25, 0.3) is 0 Å². The molecule has 2 rings (SSSR count). The van der Waals surface area contributed by atoms with E-state index in [1.807, 2.05) is 24.3 Å². The highest BCUT2D eigenvalue weighted by Crippen LogP contribution is 2.37. The fraction of sp³-hybridized carbons (Fsp3) is 0.545. The Labute approximate surface area is 171 Å². The lowest BCUT2D eigenvalue weighted by Crippen LogP contribution is -2.19. The average molecular weight is 409 g/mol. The minimum atomic E-state index is -4.55. The molecule has 1 aromatic carbocycles. The van der Waals surface area contributed by atoms with Crippen LogP contribution in [0.2, 0.25) is 0 Å². The van der Waals surface area contributed by atoms with E-state index in [0.29, 0.717) is 12.3 Å². The summed E-state index contributed by atoms with van der Waals surface area (Å²) in [4.78, 5) is 9.27. The molecule has 0 amide bonds. The van der Waals surface area contributed by atoms with Crippen molar-refractivity contribution in [2.45, 2.75) is 65.0 Å². The van der Waals surface area contributed by atoms with E-state index in [4.69, 9.17) is 4.74 Å². The summed E-state index contributed by atoms with van der Waals surface area (Å²) in [5.41, 5.74) is 0.913. The lowest BCUT2D eigenvalue weighted by molar-refractivity contribution is -0.137. The van der Waals surface area contributed by atoms with E-state index in [2.05, 4.69) is 23.8 Å². The van der Waals surface area contributed by atoms with Crippen LogP contribution < -0.4 is 9.64 Å².